The van der Waals surface area contributed by atoms with Crippen LogP contribution in [0.5, 0.6) is 0 Å². The third kappa shape index (κ3) is 1.64. The summed E-state index contributed by atoms with van der Waals surface area (Å²) in [6.45, 7) is 8.09. The van der Waals surface area contributed by atoms with E-state index in [0.717, 1.165) is 30.3 Å². The lowest BCUT2D eigenvalue weighted by Crippen LogP contribution is -2.40. The summed E-state index contributed by atoms with van der Waals surface area (Å²) in [6.07, 6.45) is 8.12. The molecule has 0 amide bonds. The van der Waals surface area contributed by atoms with Crippen molar-refractivity contribution >= 4 is 0 Å². The Balaban J connectivity index is 1.87. The molecule has 0 aromatic heterocycles. The highest BCUT2D eigenvalue weighted by Crippen LogP contribution is 2.53. The highest BCUT2D eigenvalue weighted by molar-refractivity contribution is 5.14. The Morgan fingerprint density at radius 2 is 2.06 bits per heavy atom. The lowest BCUT2D eigenvalue weighted by molar-refractivity contribution is 0.0637. The molecule has 0 N–H and O–H groups in total. The first-order chi connectivity index (χ1) is 7.60. The van der Waals surface area contributed by atoms with Gasteiger partial charge in [0.25, 0.3) is 0 Å². The van der Waals surface area contributed by atoms with Crippen molar-refractivity contribution < 1.29 is 4.74 Å². The van der Waals surface area contributed by atoms with Gasteiger partial charge in [-0.05, 0) is 56.8 Å². The first kappa shape index (κ1) is 10.8. The summed E-state index contributed by atoms with van der Waals surface area (Å²) >= 11 is 0. The zero-order valence-electron chi connectivity index (χ0n) is 10.8. The molecule has 16 heavy (non-hydrogen) atoms. The molecule has 3 rings (SSSR count). The minimum Gasteiger partial charge on any atom is -0.370 e. The van der Waals surface area contributed by atoms with Crippen LogP contribution in [-0.2, 0) is 4.74 Å². The largest absolute Gasteiger partial charge is 0.370 e. The average molecular weight is 220 g/mol. The zero-order chi connectivity index (χ0) is 11.3. The Morgan fingerprint density at radius 1 is 1.31 bits per heavy atom. The second kappa shape index (κ2) is 3.60. The highest BCUT2D eigenvalue weighted by atomic mass is 16.6. The summed E-state index contributed by atoms with van der Waals surface area (Å²) < 4.78 is 5.73. The van der Waals surface area contributed by atoms with Gasteiger partial charge in [0.05, 0.1) is 12.2 Å². The van der Waals surface area contributed by atoms with Gasteiger partial charge in [0, 0.05) is 0 Å². The van der Waals surface area contributed by atoms with Crippen LogP contribution in [0.25, 0.3) is 0 Å². The molecule has 90 valence electrons. The Morgan fingerprint density at radius 3 is 2.75 bits per heavy atom. The third-order valence-corrected chi connectivity index (χ3v) is 5.36. The fourth-order valence-corrected chi connectivity index (χ4v) is 4.09. The molecular formula is C15H24O. The van der Waals surface area contributed by atoms with E-state index in [1.807, 2.05) is 0 Å². The fourth-order valence-electron chi connectivity index (χ4n) is 4.09. The van der Waals surface area contributed by atoms with Gasteiger partial charge in [0.15, 0.2) is 0 Å². The van der Waals surface area contributed by atoms with Crippen LogP contribution in [0.4, 0.5) is 0 Å². The van der Waals surface area contributed by atoms with Crippen LogP contribution in [0, 0.1) is 23.7 Å². The number of fused-ring (bicyclic) bond motifs is 1. The number of epoxide rings is 1. The van der Waals surface area contributed by atoms with E-state index in [1.54, 1.807) is 5.57 Å². The maximum Gasteiger partial charge on any atom is 0.0922 e. The van der Waals surface area contributed by atoms with Gasteiger partial charge in [0.1, 0.15) is 0 Å². The van der Waals surface area contributed by atoms with Crippen LogP contribution >= 0.6 is 0 Å². The van der Waals surface area contributed by atoms with Crippen LogP contribution in [-0.4, -0.2) is 12.2 Å². The van der Waals surface area contributed by atoms with E-state index in [4.69, 9.17) is 4.74 Å². The fraction of sp³-hybridized carbons (Fsp3) is 0.867. The predicted octanol–water partition coefficient (Wildman–Crippen LogP) is 3.79. The maximum absolute atomic E-state index is 5.73. The van der Waals surface area contributed by atoms with E-state index >= 15 is 0 Å². The number of allylic oxidation sites excluding steroid dienone is 2. The quantitative estimate of drug-likeness (QED) is 0.484. The molecule has 5 atom stereocenters. The minimum absolute atomic E-state index is 0.233. The monoisotopic (exact) mass is 220 g/mol. The van der Waals surface area contributed by atoms with Crippen molar-refractivity contribution in [3.05, 3.63) is 11.6 Å². The van der Waals surface area contributed by atoms with Crippen molar-refractivity contribution in [2.75, 3.05) is 6.61 Å². The van der Waals surface area contributed by atoms with Gasteiger partial charge >= 0.3 is 0 Å². The van der Waals surface area contributed by atoms with E-state index < -0.39 is 0 Å². The molecule has 1 saturated heterocycles. The smallest absolute Gasteiger partial charge is 0.0922 e. The summed E-state index contributed by atoms with van der Waals surface area (Å²) in [7, 11) is 0. The van der Waals surface area contributed by atoms with E-state index in [9.17, 15) is 0 Å². The predicted molar refractivity (Wildman–Crippen MR) is 66.2 cm³/mol. The Bertz CT molecular complexity index is 313. The maximum atomic E-state index is 5.73. The van der Waals surface area contributed by atoms with Gasteiger partial charge in [-0.2, -0.15) is 0 Å². The van der Waals surface area contributed by atoms with Gasteiger partial charge in [0.2, 0.25) is 0 Å². The van der Waals surface area contributed by atoms with E-state index in [0.29, 0.717) is 0 Å². The molecule has 1 heterocycles. The lowest BCUT2D eigenvalue weighted by Gasteiger charge is -2.45. The molecule has 1 nitrogen and oxygen atoms in total. The second-order valence-electron chi connectivity index (χ2n) is 6.56. The summed E-state index contributed by atoms with van der Waals surface area (Å²) in [5.41, 5.74) is 1.85. The molecular weight excluding hydrogens is 196 g/mol. The van der Waals surface area contributed by atoms with E-state index in [-0.39, 0.29) is 5.60 Å². The molecule has 0 spiro atoms. The summed E-state index contributed by atoms with van der Waals surface area (Å²) in [6, 6.07) is 0. The zero-order valence-corrected chi connectivity index (χ0v) is 10.8. The van der Waals surface area contributed by atoms with Crippen molar-refractivity contribution in [2.45, 2.75) is 52.1 Å². The molecule has 1 heteroatoms. The first-order valence-corrected chi connectivity index (χ1v) is 6.91. The van der Waals surface area contributed by atoms with Crippen molar-refractivity contribution in [3.63, 3.8) is 0 Å². The lowest BCUT2D eigenvalue weighted by atomic mass is 9.60. The molecule has 2 aliphatic carbocycles. The number of hydrogen-bond donors (Lipinski definition) is 0. The van der Waals surface area contributed by atoms with Gasteiger partial charge in [-0.1, -0.05) is 25.0 Å². The van der Waals surface area contributed by atoms with Crippen LogP contribution in [0.2, 0.25) is 0 Å². The molecule has 0 aromatic rings. The van der Waals surface area contributed by atoms with Gasteiger partial charge in [-0.25, -0.2) is 0 Å². The second-order valence-corrected chi connectivity index (χ2v) is 6.56. The van der Waals surface area contributed by atoms with Crippen LogP contribution in [0.3, 0.4) is 0 Å². The molecule has 0 radical (unpaired) electrons. The third-order valence-electron chi connectivity index (χ3n) is 5.36. The van der Waals surface area contributed by atoms with Crippen molar-refractivity contribution in [2.24, 2.45) is 23.7 Å². The molecule has 0 bridgehead atoms. The van der Waals surface area contributed by atoms with E-state index in [2.05, 4.69) is 26.8 Å². The van der Waals surface area contributed by atoms with Crippen LogP contribution in [0.15, 0.2) is 11.6 Å². The number of hydrogen-bond acceptors (Lipinski definition) is 1. The van der Waals surface area contributed by atoms with Gasteiger partial charge < -0.3 is 4.74 Å². The molecule has 2 fully saturated rings. The van der Waals surface area contributed by atoms with Crippen molar-refractivity contribution in [1.29, 1.82) is 0 Å². The Hall–Kier alpha value is -0.300. The van der Waals surface area contributed by atoms with Crippen LogP contribution in [0.1, 0.15) is 46.5 Å². The normalized spacial score (nSPS) is 51.8. The van der Waals surface area contributed by atoms with Gasteiger partial charge in [-0.15, -0.1) is 0 Å². The SMILES string of the molecule is CC1=CC2[C@@H](CC1)[C@H](C)CC[C@H]2C1(C)CO1. The molecule has 0 aromatic carbocycles. The van der Waals surface area contributed by atoms with Gasteiger partial charge in [-0.3, -0.25) is 0 Å². The average Bonchev–Trinajstić information content (AvgIpc) is 2.97. The molecule has 1 saturated carbocycles. The molecule has 1 aliphatic heterocycles. The standard InChI is InChI=1S/C15H24O/c1-10-4-6-12-11(2)5-7-14(13(12)8-10)15(3)9-16-15/h8,11-14H,4-7,9H2,1-3H3/t11-,12+,13?,14-,15?/m1/s1. The number of rotatable bonds is 1. The summed E-state index contributed by atoms with van der Waals surface area (Å²) in [5, 5.41) is 0. The first-order valence-electron chi connectivity index (χ1n) is 6.91. The van der Waals surface area contributed by atoms with E-state index in [1.165, 1.54) is 25.7 Å². The Kier molecular flexibility index (Phi) is 2.43. The topological polar surface area (TPSA) is 12.5 Å². The molecule has 3 aliphatic rings. The van der Waals surface area contributed by atoms with Crippen molar-refractivity contribution in [3.8, 4) is 0 Å². The summed E-state index contributed by atoms with van der Waals surface area (Å²) in [4.78, 5) is 0. The van der Waals surface area contributed by atoms with Crippen LogP contribution < -0.4 is 0 Å². The Labute approximate surface area is 99.3 Å². The number of ether oxygens (including phenoxy) is 1. The summed E-state index contributed by atoms with van der Waals surface area (Å²) in [5.74, 6) is 3.46. The minimum atomic E-state index is 0.233. The molecule has 2 unspecified atom stereocenters. The van der Waals surface area contributed by atoms with Crippen molar-refractivity contribution in [1.82, 2.24) is 0 Å². The highest BCUT2D eigenvalue weighted by Gasteiger charge is 2.53.